The molecule has 0 bridgehead atoms. The first-order valence-corrected chi connectivity index (χ1v) is 19.4. The van der Waals surface area contributed by atoms with Crippen LogP contribution in [0.4, 0.5) is 0 Å². The largest absolute Gasteiger partial charge is 0.309 e. The predicted octanol–water partition coefficient (Wildman–Crippen LogP) is 13.5. The van der Waals surface area contributed by atoms with Crippen LogP contribution < -0.4 is 0 Å². The molecule has 0 unspecified atom stereocenters. The Hall–Kier alpha value is -7.08. The van der Waals surface area contributed by atoms with Crippen molar-refractivity contribution >= 4 is 86.0 Å². The normalized spacial score (nSPS) is 12.0. The quantitative estimate of drug-likeness (QED) is 0.182. The first kappa shape index (κ1) is 30.4. The monoisotopic (exact) mass is 718 g/mol. The number of nitrogens with zero attached hydrogens (tertiary/aromatic N) is 4. The lowest BCUT2D eigenvalue weighted by atomic mass is 9.98. The van der Waals surface area contributed by atoms with Gasteiger partial charge in [-0.15, -0.1) is 11.3 Å². The molecule has 0 N–H and O–H groups in total. The fraction of sp³-hybridized carbons (Fsp3) is 0. The molecule has 0 saturated heterocycles. The third-order valence-electron chi connectivity index (χ3n) is 11.1. The maximum atomic E-state index is 5.42. The maximum absolute atomic E-state index is 5.42. The molecule has 0 aliphatic carbocycles. The minimum atomic E-state index is 0.661. The zero-order chi connectivity index (χ0) is 36.0. The Kier molecular flexibility index (Phi) is 6.47. The van der Waals surface area contributed by atoms with Crippen molar-refractivity contribution in [3.63, 3.8) is 0 Å². The van der Waals surface area contributed by atoms with Crippen LogP contribution in [0.5, 0.6) is 0 Å². The average molecular weight is 719 g/mol. The van der Waals surface area contributed by atoms with E-state index in [2.05, 4.69) is 191 Å². The van der Waals surface area contributed by atoms with Crippen LogP contribution in [0.15, 0.2) is 182 Å². The van der Waals surface area contributed by atoms with Gasteiger partial charge < -0.3 is 4.57 Å². The summed E-state index contributed by atoms with van der Waals surface area (Å²) in [6.45, 7) is 0. The van der Waals surface area contributed by atoms with Gasteiger partial charge in [0.15, 0.2) is 0 Å². The minimum Gasteiger partial charge on any atom is -0.309 e. The molecule has 0 saturated carbocycles. The smallest absolute Gasteiger partial charge is 0.235 e. The van der Waals surface area contributed by atoms with Gasteiger partial charge in [-0.05, 0) is 59.7 Å². The molecule has 0 aliphatic rings. The van der Waals surface area contributed by atoms with E-state index in [9.17, 15) is 0 Å². The van der Waals surface area contributed by atoms with E-state index in [0.29, 0.717) is 5.95 Å². The molecular weight excluding hydrogens is 689 g/mol. The topological polar surface area (TPSA) is 35.6 Å². The molecule has 0 amide bonds. The van der Waals surface area contributed by atoms with E-state index in [4.69, 9.17) is 9.97 Å². The molecule has 0 spiro atoms. The molecule has 0 radical (unpaired) electrons. The van der Waals surface area contributed by atoms with Gasteiger partial charge in [0.25, 0.3) is 0 Å². The number of thiophene rings is 1. The lowest BCUT2D eigenvalue weighted by Gasteiger charge is -2.12. The number of para-hydroxylation sites is 3. The maximum Gasteiger partial charge on any atom is 0.235 e. The van der Waals surface area contributed by atoms with Crippen molar-refractivity contribution < 1.29 is 0 Å². The summed E-state index contributed by atoms with van der Waals surface area (Å²) in [5, 5.41) is 8.49. The number of hydrogen-bond acceptors (Lipinski definition) is 3. The third kappa shape index (κ3) is 4.45. The number of benzene rings is 8. The van der Waals surface area contributed by atoms with Crippen molar-refractivity contribution in [3.8, 4) is 34.0 Å². The molecule has 12 rings (SSSR count). The van der Waals surface area contributed by atoms with Crippen molar-refractivity contribution in [1.82, 2.24) is 19.1 Å². The lowest BCUT2D eigenvalue weighted by molar-refractivity contribution is 1.01. The molecule has 8 aromatic carbocycles. The van der Waals surface area contributed by atoms with Crippen LogP contribution in [0.25, 0.3) is 109 Å². The molecule has 4 nitrogen and oxygen atoms in total. The van der Waals surface area contributed by atoms with E-state index < -0.39 is 0 Å². The first-order valence-electron chi connectivity index (χ1n) is 18.6. The van der Waals surface area contributed by atoms with Gasteiger partial charge in [0.1, 0.15) is 0 Å². The highest BCUT2D eigenvalue weighted by atomic mass is 32.1. The second-order valence-electron chi connectivity index (χ2n) is 14.1. The Morgan fingerprint density at radius 1 is 0.400 bits per heavy atom. The third-order valence-corrected chi connectivity index (χ3v) is 12.3. The number of fused-ring (bicyclic) bond motifs is 11. The summed E-state index contributed by atoms with van der Waals surface area (Å²) in [4.78, 5) is 10.7. The van der Waals surface area contributed by atoms with E-state index in [0.717, 1.165) is 44.4 Å². The van der Waals surface area contributed by atoms with E-state index in [-0.39, 0.29) is 0 Å². The summed E-state index contributed by atoms with van der Waals surface area (Å²) in [5.74, 6) is 0.661. The van der Waals surface area contributed by atoms with E-state index in [1.807, 2.05) is 11.3 Å². The molecule has 55 heavy (non-hydrogen) atoms. The number of aromatic nitrogens is 4. The van der Waals surface area contributed by atoms with Crippen LogP contribution >= 0.6 is 11.3 Å². The van der Waals surface area contributed by atoms with Crippen molar-refractivity contribution in [2.75, 3.05) is 0 Å². The fourth-order valence-electron chi connectivity index (χ4n) is 8.76. The Morgan fingerprint density at radius 3 is 1.95 bits per heavy atom. The molecule has 256 valence electrons. The van der Waals surface area contributed by atoms with Gasteiger partial charge in [-0.1, -0.05) is 133 Å². The van der Waals surface area contributed by atoms with Crippen LogP contribution in [0.1, 0.15) is 0 Å². The van der Waals surface area contributed by atoms with Crippen LogP contribution in [0.3, 0.4) is 0 Å². The summed E-state index contributed by atoms with van der Waals surface area (Å²) >= 11 is 1.86. The van der Waals surface area contributed by atoms with Gasteiger partial charge in [0.2, 0.25) is 5.95 Å². The predicted molar refractivity (Wildman–Crippen MR) is 232 cm³/mol. The molecule has 4 aromatic heterocycles. The van der Waals surface area contributed by atoms with Gasteiger partial charge in [0.05, 0.1) is 33.3 Å². The van der Waals surface area contributed by atoms with Crippen LogP contribution in [-0.2, 0) is 0 Å². The second kappa shape index (κ2) is 11.7. The van der Waals surface area contributed by atoms with Gasteiger partial charge in [0, 0.05) is 58.4 Å². The summed E-state index contributed by atoms with van der Waals surface area (Å²) in [7, 11) is 0. The molecule has 0 fully saturated rings. The zero-order valence-electron chi connectivity index (χ0n) is 29.5. The second-order valence-corrected chi connectivity index (χ2v) is 15.2. The van der Waals surface area contributed by atoms with Crippen LogP contribution in [-0.4, -0.2) is 19.1 Å². The van der Waals surface area contributed by atoms with Crippen LogP contribution in [0, 0.1) is 0 Å². The summed E-state index contributed by atoms with van der Waals surface area (Å²) < 4.78 is 7.25. The minimum absolute atomic E-state index is 0.661. The van der Waals surface area contributed by atoms with Crippen LogP contribution in [0.2, 0.25) is 0 Å². The molecule has 12 aromatic rings. The van der Waals surface area contributed by atoms with Crippen molar-refractivity contribution in [2.45, 2.75) is 0 Å². The molecule has 0 aliphatic heterocycles. The Balaban J connectivity index is 1.20. The van der Waals surface area contributed by atoms with Crippen molar-refractivity contribution in [3.05, 3.63) is 182 Å². The Morgan fingerprint density at radius 2 is 1.07 bits per heavy atom. The summed E-state index contributed by atoms with van der Waals surface area (Å²) in [6, 6.07) is 65.2. The summed E-state index contributed by atoms with van der Waals surface area (Å²) in [5.41, 5.74) is 10.9. The highest BCUT2D eigenvalue weighted by Gasteiger charge is 2.22. The van der Waals surface area contributed by atoms with E-state index in [1.54, 1.807) is 0 Å². The molecule has 0 atom stereocenters. The van der Waals surface area contributed by atoms with Gasteiger partial charge in [-0.3, -0.25) is 4.57 Å². The summed E-state index contributed by atoms with van der Waals surface area (Å²) in [6.07, 6.45) is 0. The van der Waals surface area contributed by atoms with E-state index in [1.165, 1.54) is 58.3 Å². The van der Waals surface area contributed by atoms with Gasteiger partial charge in [-0.2, -0.15) is 0 Å². The average Bonchev–Trinajstić information content (AvgIpc) is 3.91. The first-order chi connectivity index (χ1) is 27.3. The highest BCUT2D eigenvalue weighted by molar-refractivity contribution is 7.26. The molecule has 5 heteroatoms. The number of hydrogen-bond donors (Lipinski definition) is 0. The standard InChI is InChI=1S/C50H30N4S/c1-3-14-31(15-4-1)48-37-19-7-10-22-40(37)51-50(52-48)54-43-29-28-36-35-18-9-12-25-45(35)55-49(36)47(43)39-27-26-32(30-44(39)54)34-21-13-24-42-46(34)38-20-8-11-23-41(38)53(42)33-16-5-2-6-17-33/h1-30H. The van der Waals surface area contributed by atoms with Gasteiger partial charge >= 0.3 is 0 Å². The van der Waals surface area contributed by atoms with Crippen molar-refractivity contribution in [1.29, 1.82) is 0 Å². The zero-order valence-corrected chi connectivity index (χ0v) is 30.3. The Bertz CT molecular complexity index is 3480. The Labute approximate surface area is 319 Å². The SMILES string of the molecule is c1ccc(-c2nc(-n3c4cc(-c5cccc6c5c5ccccc5n6-c5ccccc5)ccc4c4c5sc6ccccc6c5ccc43)nc3ccccc23)cc1. The fourth-order valence-corrected chi connectivity index (χ4v) is 10.0. The molecule has 4 heterocycles. The lowest BCUT2D eigenvalue weighted by Crippen LogP contribution is -2.03. The van der Waals surface area contributed by atoms with Crippen molar-refractivity contribution in [2.24, 2.45) is 0 Å². The highest BCUT2D eigenvalue weighted by Crippen LogP contribution is 2.45. The van der Waals surface area contributed by atoms with E-state index >= 15 is 0 Å². The molecular formula is C50H30N4S. The number of rotatable bonds is 4. The van der Waals surface area contributed by atoms with Gasteiger partial charge in [-0.25, -0.2) is 9.97 Å².